The average molecular weight is 619 g/mol. The molecule has 9 nitrogen and oxygen atoms in total. The van der Waals surface area contributed by atoms with Gasteiger partial charge in [-0.2, -0.15) is 5.26 Å². The lowest BCUT2D eigenvalue weighted by atomic mass is 10.1. The van der Waals surface area contributed by atoms with E-state index < -0.39 is 16.1 Å². The minimum absolute atomic E-state index is 0.0425. The summed E-state index contributed by atoms with van der Waals surface area (Å²) in [6, 6.07) is 14.3. The Bertz CT molecular complexity index is 1690. The van der Waals surface area contributed by atoms with Crippen LogP contribution in [0.3, 0.4) is 0 Å². The monoisotopic (exact) mass is 619 g/mol. The van der Waals surface area contributed by atoms with Crippen LogP contribution in [0.1, 0.15) is 10.4 Å². The summed E-state index contributed by atoms with van der Waals surface area (Å²) in [5, 5.41) is 16.1. The minimum Gasteiger partial charge on any atom is -0.388 e. The van der Waals surface area contributed by atoms with Crippen LogP contribution in [0.15, 0.2) is 63.7 Å². The molecular formula is C23H18IN5O4S2. The van der Waals surface area contributed by atoms with E-state index >= 15 is 0 Å². The Labute approximate surface area is 218 Å². The first-order valence-corrected chi connectivity index (χ1v) is 13.5. The molecule has 2 aromatic heterocycles. The minimum atomic E-state index is -3.99. The van der Waals surface area contributed by atoms with Crippen molar-refractivity contribution in [3.8, 4) is 11.8 Å². The third-order valence-corrected chi connectivity index (χ3v) is 8.79. The highest BCUT2D eigenvalue weighted by Crippen LogP contribution is 2.25. The Balaban J connectivity index is 1.63. The van der Waals surface area contributed by atoms with Crippen molar-refractivity contribution in [3.63, 3.8) is 0 Å². The number of aromatic nitrogens is 1. The van der Waals surface area contributed by atoms with Gasteiger partial charge >= 0.3 is 6.03 Å². The first kappa shape index (κ1) is 24.7. The molecule has 4 aromatic rings. The van der Waals surface area contributed by atoms with Crippen LogP contribution in [0.5, 0.6) is 0 Å². The highest BCUT2D eigenvalue weighted by Gasteiger charge is 2.20. The van der Waals surface area contributed by atoms with Gasteiger partial charge in [-0.3, -0.25) is 9.36 Å². The van der Waals surface area contributed by atoms with E-state index in [1.807, 2.05) is 27.3 Å². The normalized spacial score (nSPS) is 11.1. The molecule has 0 aliphatic carbocycles. The molecule has 0 bridgehead atoms. The quantitative estimate of drug-likeness (QED) is 0.284. The van der Waals surface area contributed by atoms with E-state index in [1.54, 1.807) is 56.4 Å². The van der Waals surface area contributed by atoms with Crippen molar-refractivity contribution in [3.05, 3.63) is 79.1 Å². The number of benzene rings is 2. The fraction of sp³-hybridized carbons (Fsp3) is 0.0870. The fourth-order valence-corrected chi connectivity index (χ4v) is 6.40. The van der Waals surface area contributed by atoms with Crippen molar-refractivity contribution in [1.29, 1.82) is 5.26 Å². The van der Waals surface area contributed by atoms with Gasteiger partial charge in [0.2, 0.25) is 0 Å². The molecule has 4 rings (SSSR count). The second kappa shape index (κ2) is 9.68. The summed E-state index contributed by atoms with van der Waals surface area (Å²) in [5.41, 5.74) is 1.67. The van der Waals surface area contributed by atoms with Crippen LogP contribution in [0.2, 0.25) is 0 Å². The third kappa shape index (κ3) is 5.02. The number of nitriles is 1. The van der Waals surface area contributed by atoms with Crippen LogP contribution in [0, 0.1) is 21.8 Å². The number of hydrogen-bond donors (Lipinski definition) is 3. The smallest absolute Gasteiger partial charge is 0.333 e. The number of amides is 2. The van der Waals surface area contributed by atoms with Gasteiger partial charge in [0.15, 0.2) is 0 Å². The van der Waals surface area contributed by atoms with Gasteiger partial charge < -0.3 is 10.6 Å². The number of nitrogens with zero attached hydrogens (tertiary/aromatic N) is 2. The molecule has 0 aliphatic heterocycles. The second-order valence-electron chi connectivity index (χ2n) is 7.43. The predicted molar refractivity (Wildman–Crippen MR) is 145 cm³/mol. The topological polar surface area (TPSA) is 133 Å². The Kier molecular flexibility index (Phi) is 6.84. The van der Waals surface area contributed by atoms with Crippen molar-refractivity contribution in [2.24, 2.45) is 0 Å². The number of nitrogens with one attached hydrogen (secondary N) is 3. The van der Waals surface area contributed by atoms with Gasteiger partial charge in [0.1, 0.15) is 10.3 Å². The number of urea groups is 1. The van der Waals surface area contributed by atoms with Gasteiger partial charge in [-0.15, -0.1) is 11.3 Å². The van der Waals surface area contributed by atoms with Crippen molar-refractivity contribution in [2.45, 2.75) is 11.1 Å². The molecule has 178 valence electrons. The first-order valence-electron chi connectivity index (χ1n) is 10.1. The molecule has 0 saturated carbocycles. The maximum absolute atomic E-state index is 13.2. The van der Waals surface area contributed by atoms with Crippen LogP contribution in [0.25, 0.3) is 16.5 Å². The molecule has 0 aliphatic rings. The molecule has 3 N–H and O–H groups in total. The molecule has 0 fully saturated rings. The Morgan fingerprint density at radius 1 is 1.09 bits per heavy atom. The zero-order chi connectivity index (χ0) is 25.3. The molecule has 0 saturated heterocycles. The number of halogens is 1. The van der Waals surface area contributed by atoms with E-state index in [4.69, 9.17) is 0 Å². The van der Waals surface area contributed by atoms with Gasteiger partial charge in [-0.05, 0) is 78.0 Å². The summed E-state index contributed by atoms with van der Waals surface area (Å²) in [6.07, 6.45) is 1.48. The van der Waals surface area contributed by atoms with E-state index in [0.717, 1.165) is 21.9 Å². The number of anilines is 2. The highest BCUT2D eigenvalue weighted by atomic mass is 127. The summed E-state index contributed by atoms with van der Waals surface area (Å²) in [7, 11) is -2.23. The number of hydrogen-bond acceptors (Lipinski definition) is 7. The summed E-state index contributed by atoms with van der Waals surface area (Å²) in [4.78, 5) is 26.3. The van der Waals surface area contributed by atoms with Crippen molar-refractivity contribution in [1.82, 2.24) is 9.29 Å². The number of thiophene rings is 1. The molecule has 2 amide bonds. The number of carbonyl (C=O) groups excluding carboxylic acids is 1. The Morgan fingerprint density at radius 3 is 2.46 bits per heavy atom. The average Bonchev–Trinajstić information content (AvgIpc) is 3.26. The first-order chi connectivity index (χ1) is 16.6. The maximum Gasteiger partial charge on any atom is 0.333 e. The third-order valence-electron chi connectivity index (χ3n) is 5.10. The molecule has 35 heavy (non-hydrogen) atoms. The number of sulfonamides is 1. The standard InChI is InChI=1S/C23H18IN5O4S2/c1-13-3-8-21(34-13)35(32,33)28-23(31)27-16-5-7-20(19(24)10-16)29-12-14(11-25)18-9-15(26-2)4-6-17(18)22(29)30/h3-10,12,26H,1-2H3,(H2,27,28,31). The largest absolute Gasteiger partial charge is 0.388 e. The Hall–Kier alpha value is -3.41. The lowest BCUT2D eigenvalue weighted by molar-refractivity contribution is 0.256. The van der Waals surface area contributed by atoms with E-state index in [2.05, 4.69) is 16.7 Å². The molecule has 0 unspecified atom stereocenters. The van der Waals surface area contributed by atoms with Gasteiger partial charge in [0.05, 0.1) is 11.3 Å². The summed E-state index contributed by atoms with van der Waals surface area (Å²) in [5.74, 6) is 0. The van der Waals surface area contributed by atoms with Crippen LogP contribution < -0.4 is 20.9 Å². The number of pyridine rings is 1. The van der Waals surface area contributed by atoms with E-state index in [1.165, 1.54) is 16.8 Å². The van der Waals surface area contributed by atoms with Crippen LogP contribution in [0.4, 0.5) is 16.2 Å². The summed E-state index contributed by atoms with van der Waals surface area (Å²) >= 11 is 3.07. The molecule has 2 heterocycles. The van der Waals surface area contributed by atoms with Crippen LogP contribution >= 0.6 is 33.9 Å². The van der Waals surface area contributed by atoms with E-state index in [-0.39, 0.29) is 9.77 Å². The van der Waals surface area contributed by atoms with E-state index in [0.29, 0.717) is 31.3 Å². The molecular weight excluding hydrogens is 601 g/mol. The number of rotatable bonds is 5. The molecule has 12 heteroatoms. The lowest BCUT2D eigenvalue weighted by Gasteiger charge is -2.13. The van der Waals surface area contributed by atoms with Crippen molar-refractivity contribution >= 4 is 72.1 Å². The second-order valence-corrected chi connectivity index (χ2v) is 11.8. The molecule has 0 atom stereocenters. The highest BCUT2D eigenvalue weighted by molar-refractivity contribution is 14.1. The van der Waals surface area contributed by atoms with Gasteiger partial charge in [-0.25, -0.2) is 17.9 Å². The zero-order valence-electron chi connectivity index (χ0n) is 18.4. The SMILES string of the molecule is CNc1ccc2c(=O)n(-c3ccc(NC(=O)NS(=O)(=O)c4ccc(C)s4)cc3I)cc(C#N)c2c1. The zero-order valence-corrected chi connectivity index (χ0v) is 22.2. The number of carbonyl (C=O) groups is 1. The molecule has 0 radical (unpaired) electrons. The number of aryl methyl sites for hydroxylation is 1. The Morgan fingerprint density at radius 2 is 1.83 bits per heavy atom. The van der Waals surface area contributed by atoms with Crippen LogP contribution in [-0.4, -0.2) is 26.1 Å². The molecule has 2 aromatic carbocycles. The summed E-state index contributed by atoms with van der Waals surface area (Å²) in [6.45, 7) is 1.77. The van der Waals surface area contributed by atoms with Crippen molar-refractivity contribution < 1.29 is 13.2 Å². The lowest BCUT2D eigenvalue weighted by Crippen LogP contribution is -2.34. The maximum atomic E-state index is 13.2. The van der Waals surface area contributed by atoms with Crippen molar-refractivity contribution in [2.75, 3.05) is 17.7 Å². The van der Waals surface area contributed by atoms with Gasteiger partial charge in [0, 0.05) is 43.8 Å². The van der Waals surface area contributed by atoms with E-state index in [9.17, 15) is 23.3 Å². The predicted octanol–water partition coefficient (Wildman–Crippen LogP) is 4.39. The van der Waals surface area contributed by atoms with Crippen LogP contribution in [-0.2, 0) is 10.0 Å². The summed E-state index contributed by atoms with van der Waals surface area (Å²) < 4.78 is 28.8. The molecule has 0 spiro atoms. The number of fused-ring (bicyclic) bond motifs is 1. The van der Waals surface area contributed by atoms with Gasteiger partial charge in [-0.1, -0.05) is 0 Å². The fourth-order valence-electron chi connectivity index (χ4n) is 3.43. The van der Waals surface area contributed by atoms with Gasteiger partial charge in [0.25, 0.3) is 15.6 Å².